The van der Waals surface area contributed by atoms with Gasteiger partial charge in [-0.2, -0.15) is 5.26 Å². The predicted octanol–water partition coefficient (Wildman–Crippen LogP) is 2.25. The van der Waals surface area contributed by atoms with Crippen LogP contribution in [0.4, 0.5) is 0 Å². The van der Waals surface area contributed by atoms with Crippen LogP contribution in [0.5, 0.6) is 0 Å². The first-order chi connectivity index (χ1) is 12.3. The zero-order valence-corrected chi connectivity index (χ0v) is 14.2. The molecule has 1 aromatic heterocycles. The Kier molecular flexibility index (Phi) is 5.76. The molecule has 2 aromatic rings. The van der Waals surface area contributed by atoms with E-state index in [1.807, 2.05) is 35.2 Å². The van der Waals surface area contributed by atoms with Gasteiger partial charge in [0.2, 0.25) is 5.91 Å². The second-order valence-corrected chi connectivity index (χ2v) is 6.30. The summed E-state index contributed by atoms with van der Waals surface area (Å²) in [7, 11) is 0. The number of rotatable bonds is 5. The molecule has 1 saturated heterocycles. The van der Waals surface area contributed by atoms with Crippen molar-refractivity contribution in [1.29, 1.82) is 5.26 Å². The van der Waals surface area contributed by atoms with E-state index in [9.17, 15) is 10.1 Å². The lowest BCUT2D eigenvalue weighted by atomic mass is 10.1. The van der Waals surface area contributed by atoms with Gasteiger partial charge in [-0.15, -0.1) is 0 Å². The van der Waals surface area contributed by atoms with Gasteiger partial charge in [-0.3, -0.25) is 14.7 Å². The van der Waals surface area contributed by atoms with Gasteiger partial charge in [0.25, 0.3) is 0 Å². The molecule has 1 aliphatic heterocycles. The summed E-state index contributed by atoms with van der Waals surface area (Å²) in [6, 6.07) is 16.1. The minimum absolute atomic E-state index is 0.114. The summed E-state index contributed by atoms with van der Waals surface area (Å²) in [5.74, 6) is 0.114. The van der Waals surface area contributed by atoms with Crippen molar-refractivity contribution in [2.45, 2.75) is 25.4 Å². The van der Waals surface area contributed by atoms with E-state index in [-0.39, 0.29) is 11.9 Å². The third kappa shape index (κ3) is 4.65. The van der Waals surface area contributed by atoms with Gasteiger partial charge < -0.3 is 4.90 Å². The molecule has 0 unspecified atom stereocenters. The number of carbonyl (C=O) groups is 1. The number of aryl methyl sites for hydroxylation is 1. The molecule has 1 aromatic carbocycles. The molecule has 0 N–H and O–H groups in total. The van der Waals surface area contributed by atoms with Crippen LogP contribution >= 0.6 is 0 Å². The number of pyridine rings is 1. The first kappa shape index (κ1) is 17.1. The second kappa shape index (κ2) is 8.41. The Labute approximate surface area is 148 Å². The van der Waals surface area contributed by atoms with Crippen molar-refractivity contribution < 1.29 is 4.79 Å². The van der Waals surface area contributed by atoms with Crippen LogP contribution in [-0.2, 0) is 17.8 Å². The van der Waals surface area contributed by atoms with Crippen LogP contribution in [0.25, 0.3) is 0 Å². The van der Waals surface area contributed by atoms with Crippen molar-refractivity contribution in [3.05, 3.63) is 66.0 Å². The number of aromatic nitrogens is 1. The zero-order chi connectivity index (χ0) is 17.5. The van der Waals surface area contributed by atoms with Gasteiger partial charge in [0.15, 0.2) is 0 Å². The van der Waals surface area contributed by atoms with Gasteiger partial charge in [0.05, 0.1) is 6.07 Å². The Balaban J connectivity index is 1.54. The summed E-state index contributed by atoms with van der Waals surface area (Å²) >= 11 is 0. The van der Waals surface area contributed by atoms with Gasteiger partial charge in [0, 0.05) is 45.0 Å². The highest BCUT2D eigenvalue weighted by atomic mass is 16.2. The first-order valence-electron chi connectivity index (χ1n) is 8.60. The second-order valence-electron chi connectivity index (χ2n) is 6.30. The minimum Gasteiger partial charge on any atom is -0.339 e. The van der Waals surface area contributed by atoms with Crippen molar-refractivity contribution >= 4 is 5.91 Å². The molecule has 25 heavy (non-hydrogen) atoms. The number of piperazine rings is 1. The van der Waals surface area contributed by atoms with E-state index in [1.54, 1.807) is 12.4 Å². The van der Waals surface area contributed by atoms with Gasteiger partial charge >= 0.3 is 0 Å². The van der Waals surface area contributed by atoms with Crippen molar-refractivity contribution in [3.63, 3.8) is 0 Å². The fraction of sp³-hybridized carbons (Fsp3) is 0.350. The van der Waals surface area contributed by atoms with Gasteiger partial charge in [0.1, 0.15) is 6.04 Å². The molecule has 2 heterocycles. The molecule has 1 fully saturated rings. The number of nitriles is 1. The standard InChI is InChI=1S/C20H22N4O/c21-13-19-16-24(20(25)9-8-17-7-4-10-22-14-17)12-11-23(19)15-18-5-2-1-3-6-18/h1-7,10,14,19H,8-9,11-12,15-16H2/t19-/m1/s1. The molecule has 1 atom stereocenters. The highest BCUT2D eigenvalue weighted by Crippen LogP contribution is 2.15. The number of nitrogens with zero attached hydrogens (tertiary/aromatic N) is 4. The van der Waals surface area contributed by atoms with E-state index in [0.717, 1.165) is 18.7 Å². The maximum atomic E-state index is 12.5. The molecule has 128 valence electrons. The van der Waals surface area contributed by atoms with Crippen LogP contribution in [0.3, 0.4) is 0 Å². The predicted molar refractivity (Wildman–Crippen MR) is 95.4 cm³/mol. The maximum absolute atomic E-state index is 12.5. The largest absolute Gasteiger partial charge is 0.339 e. The van der Waals surface area contributed by atoms with Crippen LogP contribution in [0.2, 0.25) is 0 Å². The Bertz CT molecular complexity index is 726. The van der Waals surface area contributed by atoms with Crippen molar-refractivity contribution in [1.82, 2.24) is 14.8 Å². The zero-order valence-electron chi connectivity index (χ0n) is 14.2. The maximum Gasteiger partial charge on any atom is 0.223 e. The lowest BCUT2D eigenvalue weighted by Gasteiger charge is -2.38. The average molecular weight is 334 g/mol. The molecular formula is C20H22N4O. The van der Waals surface area contributed by atoms with Crippen LogP contribution in [0.15, 0.2) is 54.9 Å². The molecule has 3 rings (SSSR count). The summed E-state index contributed by atoms with van der Waals surface area (Å²) in [6.45, 7) is 2.63. The number of amides is 1. The molecule has 5 heteroatoms. The van der Waals surface area contributed by atoms with Crippen LogP contribution in [0, 0.1) is 11.3 Å². The fourth-order valence-electron chi connectivity index (χ4n) is 3.13. The van der Waals surface area contributed by atoms with Crippen LogP contribution in [0.1, 0.15) is 17.5 Å². The van der Waals surface area contributed by atoms with E-state index in [0.29, 0.717) is 25.9 Å². The van der Waals surface area contributed by atoms with Crippen LogP contribution < -0.4 is 0 Å². The summed E-state index contributed by atoms with van der Waals surface area (Å²) in [4.78, 5) is 20.5. The van der Waals surface area contributed by atoms with E-state index >= 15 is 0 Å². The van der Waals surface area contributed by atoms with Crippen molar-refractivity contribution in [3.8, 4) is 6.07 Å². The summed E-state index contributed by atoms with van der Waals surface area (Å²) in [6.07, 6.45) is 4.68. The molecule has 0 bridgehead atoms. The highest BCUT2D eigenvalue weighted by Gasteiger charge is 2.29. The van der Waals surface area contributed by atoms with Crippen LogP contribution in [-0.4, -0.2) is 46.4 Å². The Morgan fingerprint density at radius 1 is 1.16 bits per heavy atom. The summed E-state index contributed by atoms with van der Waals surface area (Å²) in [5, 5.41) is 9.51. The smallest absolute Gasteiger partial charge is 0.223 e. The molecule has 1 amide bonds. The Morgan fingerprint density at radius 2 is 1.96 bits per heavy atom. The number of hydrogen-bond acceptors (Lipinski definition) is 4. The SMILES string of the molecule is N#C[C@@H]1CN(C(=O)CCc2cccnc2)CCN1Cc1ccccc1. The third-order valence-corrected chi connectivity index (χ3v) is 4.57. The van der Waals surface area contributed by atoms with Gasteiger partial charge in [-0.1, -0.05) is 36.4 Å². The Morgan fingerprint density at radius 3 is 2.68 bits per heavy atom. The number of benzene rings is 1. The first-order valence-corrected chi connectivity index (χ1v) is 8.60. The van der Waals surface area contributed by atoms with Gasteiger partial charge in [-0.25, -0.2) is 0 Å². The quantitative estimate of drug-likeness (QED) is 0.841. The lowest BCUT2D eigenvalue weighted by molar-refractivity contribution is -0.133. The van der Waals surface area contributed by atoms with E-state index in [4.69, 9.17) is 0 Å². The molecule has 0 saturated carbocycles. The molecule has 0 aliphatic carbocycles. The molecular weight excluding hydrogens is 312 g/mol. The summed E-state index contributed by atoms with van der Waals surface area (Å²) in [5.41, 5.74) is 2.26. The minimum atomic E-state index is -0.253. The monoisotopic (exact) mass is 334 g/mol. The normalized spacial score (nSPS) is 17.9. The fourth-order valence-corrected chi connectivity index (χ4v) is 3.13. The summed E-state index contributed by atoms with van der Waals surface area (Å²) < 4.78 is 0. The lowest BCUT2D eigenvalue weighted by Crippen LogP contribution is -2.53. The molecule has 5 nitrogen and oxygen atoms in total. The van der Waals surface area contributed by atoms with Gasteiger partial charge in [-0.05, 0) is 23.6 Å². The van der Waals surface area contributed by atoms with Crippen molar-refractivity contribution in [2.75, 3.05) is 19.6 Å². The molecule has 0 spiro atoms. The van der Waals surface area contributed by atoms with E-state index in [2.05, 4.69) is 28.1 Å². The number of hydrogen-bond donors (Lipinski definition) is 0. The average Bonchev–Trinajstić information content (AvgIpc) is 2.68. The third-order valence-electron chi connectivity index (χ3n) is 4.57. The topological polar surface area (TPSA) is 60.2 Å². The highest BCUT2D eigenvalue weighted by molar-refractivity contribution is 5.76. The number of carbonyl (C=O) groups excluding carboxylic acids is 1. The van der Waals surface area contributed by atoms with E-state index < -0.39 is 0 Å². The molecule has 0 radical (unpaired) electrons. The van der Waals surface area contributed by atoms with Crippen molar-refractivity contribution in [2.24, 2.45) is 0 Å². The molecule has 1 aliphatic rings. The van der Waals surface area contributed by atoms with E-state index in [1.165, 1.54) is 5.56 Å². The Hall–Kier alpha value is -2.71.